The van der Waals surface area contributed by atoms with Crippen molar-refractivity contribution in [3.63, 3.8) is 0 Å². The number of aromatic nitrogens is 1. The van der Waals surface area contributed by atoms with E-state index in [9.17, 15) is 8.42 Å². The summed E-state index contributed by atoms with van der Waals surface area (Å²) in [7, 11) is -1.76. The maximum atomic E-state index is 12.0. The smallest absolute Gasteiger partial charge is 0.242 e. The molecule has 18 heavy (non-hydrogen) atoms. The van der Waals surface area contributed by atoms with Gasteiger partial charge >= 0.3 is 0 Å². The quantitative estimate of drug-likeness (QED) is 0.784. The van der Waals surface area contributed by atoms with Crippen LogP contribution in [-0.4, -0.2) is 36.1 Å². The summed E-state index contributed by atoms with van der Waals surface area (Å²) in [5, 5.41) is 9.47. The van der Waals surface area contributed by atoms with E-state index in [2.05, 4.69) is 11.6 Å². The normalized spacial score (nSPS) is 13.8. The van der Waals surface area contributed by atoms with Crippen molar-refractivity contribution in [1.82, 2.24) is 9.29 Å². The summed E-state index contributed by atoms with van der Waals surface area (Å²) >= 11 is 1.71. The highest BCUT2D eigenvalue weighted by Gasteiger charge is 2.17. The molecule has 1 rings (SSSR count). The van der Waals surface area contributed by atoms with Gasteiger partial charge in [0, 0.05) is 30.7 Å². The van der Waals surface area contributed by atoms with E-state index in [4.69, 9.17) is 5.11 Å². The van der Waals surface area contributed by atoms with E-state index in [1.807, 2.05) is 6.26 Å². The van der Waals surface area contributed by atoms with E-state index in [0.717, 1.165) is 6.42 Å². The number of aryl methyl sites for hydroxylation is 1. The van der Waals surface area contributed by atoms with Gasteiger partial charge < -0.3 is 9.67 Å². The van der Waals surface area contributed by atoms with Crippen LogP contribution in [0.4, 0.5) is 0 Å². The van der Waals surface area contributed by atoms with Gasteiger partial charge in [-0.15, -0.1) is 0 Å². The van der Waals surface area contributed by atoms with E-state index in [0.29, 0.717) is 17.5 Å². The molecular weight excluding hydrogens is 272 g/mol. The molecule has 1 heterocycles. The molecule has 1 unspecified atom stereocenters. The van der Waals surface area contributed by atoms with Crippen molar-refractivity contribution in [2.24, 2.45) is 7.05 Å². The first-order valence-electron chi connectivity index (χ1n) is 5.69. The molecule has 0 aliphatic heterocycles. The maximum Gasteiger partial charge on any atom is 0.242 e. The van der Waals surface area contributed by atoms with Crippen LogP contribution in [0.15, 0.2) is 17.2 Å². The molecule has 5 nitrogen and oxygen atoms in total. The van der Waals surface area contributed by atoms with Crippen LogP contribution in [0, 0.1) is 0 Å². The Labute approximate surface area is 113 Å². The second-order valence-electron chi connectivity index (χ2n) is 4.17. The Kier molecular flexibility index (Phi) is 5.71. The summed E-state index contributed by atoms with van der Waals surface area (Å²) in [6.07, 6.45) is 4.30. The molecule has 0 saturated heterocycles. The number of hydrogen-bond donors (Lipinski definition) is 2. The lowest BCUT2D eigenvalue weighted by Crippen LogP contribution is -2.26. The molecule has 1 aromatic heterocycles. The molecule has 0 spiro atoms. The first kappa shape index (κ1) is 15.6. The van der Waals surface area contributed by atoms with Crippen LogP contribution in [0.2, 0.25) is 0 Å². The SMILES string of the molecule is CSC(C)CCNS(=O)(=O)c1cc(CO)n(C)c1. The van der Waals surface area contributed by atoms with E-state index < -0.39 is 10.0 Å². The second kappa shape index (κ2) is 6.60. The fourth-order valence-corrected chi connectivity index (χ4v) is 2.97. The minimum atomic E-state index is -3.47. The number of nitrogens with zero attached hydrogens (tertiary/aromatic N) is 1. The summed E-state index contributed by atoms with van der Waals surface area (Å²) in [5.41, 5.74) is 0.577. The molecule has 0 bridgehead atoms. The van der Waals surface area contributed by atoms with E-state index >= 15 is 0 Å². The Hall–Kier alpha value is -0.500. The minimum absolute atomic E-state index is 0.171. The Morgan fingerprint density at radius 1 is 1.56 bits per heavy atom. The fourth-order valence-electron chi connectivity index (χ4n) is 1.48. The van der Waals surface area contributed by atoms with Crippen molar-refractivity contribution < 1.29 is 13.5 Å². The third-order valence-corrected chi connectivity index (χ3v) is 5.27. The molecule has 0 aromatic carbocycles. The average Bonchev–Trinajstić information content (AvgIpc) is 2.70. The summed E-state index contributed by atoms with van der Waals surface area (Å²) in [6.45, 7) is 2.31. The molecule has 7 heteroatoms. The van der Waals surface area contributed by atoms with Crippen molar-refractivity contribution in [3.05, 3.63) is 18.0 Å². The lowest BCUT2D eigenvalue weighted by atomic mass is 10.3. The first-order valence-corrected chi connectivity index (χ1v) is 8.46. The predicted octanol–water partition coefficient (Wildman–Crippen LogP) is 0.937. The zero-order valence-electron chi connectivity index (χ0n) is 10.9. The molecule has 0 amide bonds. The molecule has 1 atom stereocenters. The van der Waals surface area contributed by atoms with Gasteiger partial charge in [-0.25, -0.2) is 13.1 Å². The van der Waals surface area contributed by atoms with Crippen LogP contribution in [0.25, 0.3) is 0 Å². The molecule has 0 aliphatic carbocycles. The van der Waals surface area contributed by atoms with Crippen molar-refractivity contribution in [2.75, 3.05) is 12.8 Å². The van der Waals surface area contributed by atoms with Crippen LogP contribution < -0.4 is 4.72 Å². The zero-order chi connectivity index (χ0) is 13.8. The predicted molar refractivity (Wildman–Crippen MR) is 74.1 cm³/mol. The highest BCUT2D eigenvalue weighted by atomic mass is 32.2. The third kappa shape index (κ3) is 4.01. The Balaban J connectivity index is 2.68. The highest BCUT2D eigenvalue weighted by Crippen LogP contribution is 2.14. The highest BCUT2D eigenvalue weighted by molar-refractivity contribution is 7.99. The van der Waals surface area contributed by atoms with Crippen molar-refractivity contribution in [1.29, 1.82) is 0 Å². The first-order chi connectivity index (χ1) is 8.40. The zero-order valence-corrected chi connectivity index (χ0v) is 12.5. The lowest BCUT2D eigenvalue weighted by molar-refractivity contribution is 0.272. The topological polar surface area (TPSA) is 71.3 Å². The van der Waals surface area contributed by atoms with Gasteiger partial charge in [0.1, 0.15) is 0 Å². The van der Waals surface area contributed by atoms with Crippen LogP contribution in [-0.2, 0) is 23.7 Å². The molecule has 0 fully saturated rings. The van der Waals surface area contributed by atoms with Crippen molar-refractivity contribution in [2.45, 2.75) is 30.1 Å². The van der Waals surface area contributed by atoms with Crippen LogP contribution in [0.5, 0.6) is 0 Å². The number of hydrogen-bond acceptors (Lipinski definition) is 4. The van der Waals surface area contributed by atoms with Crippen molar-refractivity contribution in [3.8, 4) is 0 Å². The van der Waals surface area contributed by atoms with E-state index in [1.54, 1.807) is 23.4 Å². The van der Waals surface area contributed by atoms with Gasteiger partial charge in [0.05, 0.1) is 11.5 Å². The largest absolute Gasteiger partial charge is 0.390 e. The Bertz CT molecular complexity index is 482. The number of rotatable bonds is 7. The number of sulfonamides is 1. The Morgan fingerprint density at radius 3 is 2.72 bits per heavy atom. The maximum absolute atomic E-state index is 12.0. The lowest BCUT2D eigenvalue weighted by Gasteiger charge is -2.08. The summed E-state index contributed by atoms with van der Waals surface area (Å²) in [5.74, 6) is 0. The molecule has 0 radical (unpaired) electrons. The number of aliphatic hydroxyl groups excluding tert-OH is 1. The summed E-state index contributed by atoms with van der Waals surface area (Å²) in [4.78, 5) is 0.200. The average molecular weight is 292 g/mol. The number of aliphatic hydroxyl groups is 1. The molecule has 2 N–H and O–H groups in total. The van der Waals surface area contributed by atoms with Gasteiger partial charge in [-0.2, -0.15) is 11.8 Å². The molecule has 0 saturated carbocycles. The molecule has 1 aromatic rings. The van der Waals surface area contributed by atoms with Crippen molar-refractivity contribution >= 4 is 21.8 Å². The van der Waals surface area contributed by atoms with Crippen LogP contribution >= 0.6 is 11.8 Å². The van der Waals surface area contributed by atoms with Gasteiger partial charge in [-0.1, -0.05) is 6.92 Å². The van der Waals surface area contributed by atoms with E-state index in [1.165, 1.54) is 12.3 Å². The van der Waals surface area contributed by atoms with Gasteiger partial charge in [-0.3, -0.25) is 0 Å². The number of nitrogens with one attached hydrogen (secondary N) is 1. The molecule has 0 aliphatic rings. The monoisotopic (exact) mass is 292 g/mol. The van der Waals surface area contributed by atoms with Crippen LogP contribution in [0.1, 0.15) is 19.0 Å². The molecule has 104 valence electrons. The minimum Gasteiger partial charge on any atom is -0.390 e. The Morgan fingerprint density at radius 2 is 2.22 bits per heavy atom. The van der Waals surface area contributed by atoms with Gasteiger partial charge in [0.2, 0.25) is 10.0 Å². The second-order valence-corrected chi connectivity index (χ2v) is 7.21. The third-order valence-electron chi connectivity index (χ3n) is 2.80. The number of thioether (sulfide) groups is 1. The van der Waals surface area contributed by atoms with Gasteiger partial charge in [0.15, 0.2) is 0 Å². The van der Waals surface area contributed by atoms with Gasteiger partial charge in [0.25, 0.3) is 0 Å². The summed E-state index contributed by atoms with van der Waals surface area (Å²) < 4.78 is 28.1. The van der Waals surface area contributed by atoms with E-state index in [-0.39, 0.29) is 11.5 Å². The summed E-state index contributed by atoms with van der Waals surface area (Å²) in [6, 6.07) is 1.49. The molecular formula is C11H20N2O3S2. The fraction of sp³-hybridized carbons (Fsp3) is 0.636. The van der Waals surface area contributed by atoms with Crippen LogP contribution in [0.3, 0.4) is 0 Å². The standard InChI is InChI=1S/C11H20N2O3S2/c1-9(17-3)4-5-12-18(15,16)11-6-10(8-14)13(2)7-11/h6-7,9,12,14H,4-5,8H2,1-3H3. The van der Waals surface area contributed by atoms with Gasteiger partial charge in [-0.05, 0) is 18.7 Å².